The molecule has 0 spiro atoms. The lowest BCUT2D eigenvalue weighted by Gasteiger charge is -2.22. The molecule has 0 bridgehead atoms. The molecule has 0 aliphatic carbocycles. The molecule has 0 unspecified atom stereocenters. The summed E-state index contributed by atoms with van der Waals surface area (Å²) in [5, 5.41) is 5.26. The van der Waals surface area contributed by atoms with Crippen LogP contribution in [0.1, 0.15) is 23.6 Å². The predicted molar refractivity (Wildman–Crippen MR) is 107 cm³/mol. The number of carbonyl (C=O) groups excluding carboxylic acids is 3. The molecule has 2 atom stereocenters. The van der Waals surface area contributed by atoms with Crippen LogP contribution in [0.4, 0.5) is 4.39 Å². The fourth-order valence-electron chi connectivity index (χ4n) is 2.98. The van der Waals surface area contributed by atoms with Gasteiger partial charge in [-0.15, -0.1) is 0 Å². The van der Waals surface area contributed by atoms with Crippen LogP contribution in [-0.4, -0.2) is 37.0 Å². The summed E-state index contributed by atoms with van der Waals surface area (Å²) in [5.74, 6) is -1.88. The van der Waals surface area contributed by atoms with Crippen LogP contribution in [0.3, 0.4) is 0 Å². The second kappa shape index (κ2) is 10.4. The first kappa shape index (κ1) is 22.1. The zero-order valence-corrected chi connectivity index (χ0v) is 16.7. The van der Waals surface area contributed by atoms with Crippen LogP contribution in [0.2, 0.25) is 0 Å². The molecule has 154 valence electrons. The molecular weight excluding hydrogens is 375 g/mol. The molecule has 2 rings (SSSR count). The fraction of sp³-hybridized carbons (Fsp3) is 0.318. The van der Waals surface area contributed by atoms with Crippen molar-refractivity contribution in [1.82, 2.24) is 10.6 Å². The Morgan fingerprint density at radius 2 is 1.62 bits per heavy atom. The van der Waals surface area contributed by atoms with Gasteiger partial charge >= 0.3 is 5.97 Å². The minimum absolute atomic E-state index is 0.157. The number of nitrogens with one attached hydrogen (secondary N) is 2. The highest BCUT2D eigenvalue weighted by Gasteiger charge is 2.27. The van der Waals surface area contributed by atoms with Gasteiger partial charge in [-0.05, 0) is 35.7 Å². The van der Waals surface area contributed by atoms with Crippen molar-refractivity contribution in [2.24, 2.45) is 0 Å². The van der Waals surface area contributed by atoms with E-state index in [0.717, 1.165) is 11.1 Å². The number of aryl methyl sites for hydroxylation is 1. The van der Waals surface area contributed by atoms with Crippen LogP contribution in [0.25, 0.3) is 0 Å². The first-order chi connectivity index (χ1) is 13.8. The van der Waals surface area contributed by atoms with Crippen molar-refractivity contribution in [2.75, 3.05) is 7.11 Å². The molecule has 2 N–H and O–H groups in total. The largest absolute Gasteiger partial charge is 0.467 e. The first-order valence-corrected chi connectivity index (χ1v) is 9.24. The Hall–Kier alpha value is -3.22. The molecule has 2 aromatic rings. The molecule has 2 amide bonds. The molecule has 0 radical (unpaired) electrons. The van der Waals surface area contributed by atoms with Crippen molar-refractivity contribution in [3.8, 4) is 0 Å². The molecule has 29 heavy (non-hydrogen) atoms. The fourth-order valence-corrected chi connectivity index (χ4v) is 2.98. The minimum Gasteiger partial charge on any atom is -0.467 e. The monoisotopic (exact) mass is 400 g/mol. The number of amides is 2. The van der Waals surface area contributed by atoms with Crippen molar-refractivity contribution in [3.05, 3.63) is 71.0 Å². The van der Waals surface area contributed by atoms with Gasteiger partial charge in [0.05, 0.1) is 7.11 Å². The van der Waals surface area contributed by atoms with E-state index >= 15 is 0 Å². The maximum absolute atomic E-state index is 13.1. The van der Waals surface area contributed by atoms with Crippen molar-refractivity contribution in [1.29, 1.82) is 0 Å². The number of carbonyl (C=O) groups is 3. The van der Waals surface area contributed by atoms with Gasteiger partial charge in [0.2, 0.25) is 11.8 Å². The van der Waals surface area contributed by atoms with E-state index in [1.807, 2.05) is 31.2 Å². The molecule has 0 aliphatic rings. The predicted octanol–water partition coefficient (Wildman–Crippen LogP) is 2.08. The first-order valence-electron chi connectivity index (χ1n) is 9.24. The summed E-state index contributed by atoms with van der Waals surface area (Å²) in [6, 6.07) is 11.4. The summed E-state index contributed by atoms with van der Waals surface area (Å²) in [5.41, 5.74) is 2.56. The Morgan fingerprint density at radius 1 is 0.966 bits per heavy atom. The number of hydrogen-bond donors (Lipinski definition) is 2. The second-order valence-corrected chi connectivity index (χ2v) is 6.80. The van der Waals surface area contributed by atoms with Crippen LogP contribution in [-0.2, 0) is 32.0 Å². The molecular formula is C22H25FN2O4. The van der Waals surface area contributed by atoms with E-state index in [1.165, 1.54) is 26.2 Å². The number of methoxy groups -OCH3 is 1. The third-order valence-corrected chi connectivity index (χ3v) is 4.53. The zero-order valence-electron chi connectivity index (χ0n) is 16.7. The van der Waals surface area contributed by atoms with E-state index < -0.39 is 29.8 Å². The normalized spacial score (nSPS) is 12.6. The molecule has 0 aliphatic heterocycles. The van der Waals surface area contributed by atoms with E-state index in [0.29, 0.717) is 5.56 Å². The van der Waals surface area contributed by atoms with E-state index in [1.54, 1.807) is 12.1 Å². The lowest BCUT2D eigenvalue weighted by molar-refractivity contribution is -0.145. The summed E-state index contributed by atoms with van der Waals surface area (Å²) in [6.45, 7) is 3.22. The standard InChI is InChI=1S/C22H25FN2O4/c1-14-6-4-5-7-17(14)13-20(22(28)29-3)25-21(27)19(24-15(2)26)12-16-8-10-18(23)11-9-16/h4-11,19-20H,12-13H2,1-3H3,(H,24,26)(H,25,27)/t19-,20+/m1/s1. The van der Waals surface area contributed by atoms with Crippen LogP contribution < -0.4 is 10.6 Å². The Balaban J connectivity index is 2.17. The highest BCUT2D eigenvalue weighted by molar-refractivity contribution is 5.90. The highest BCUT2D eigenvalue weighted by Crippen LogP contribution is 2.12. The molecule has 7 heteroatoms. The van der Waals surface area contributed by atoms with Gasteiger partial charge in [-0.3, -0.25) is 9.59 Å². The Bertz CT molecular complexity index is 867. The van der Waals surface area contributed by atoms with Gasteiger partial charge in [0.1, 0.15) is 17.9 Å². The van der Waals surface area contributed by atoms with Crippen molar-refractivity contribution >= 4 is 17.8 Å². The quantitative estimate of drug-likeness (QED) is 0.665. The number of halogens is 1. The summed E-state index contributed by atoms with van der Waals surface area (Å²) in [6.07, 6.45) is 0.415. The summed E-state index contributed by atoms with van der Waals surface area (Å²) in [4.78, 5) is 36.7. The van der Waals surface area contributed by atoms with Gasteiger partial charge in [-0.25, -0.2) is 9.18 Å². The molecule has 0 fully saturated rings. The molecule has 0 heterocycles. The Kier molecular flexibility index (Phi) is 7.88. The molecule has 0 saturated carbocycles. The lowest BCUT2D eigenvalue weighted by atomic mass is 10.00. The average Bonchev–Trinajstić information content (AvgIpc) is 2.69. The maximum Gasteiger partial charge on any atom is 0.328 e. The van der Waals surface area contributed by atoms with E-state index in [2.05, 4.69) is 10.6 Å². The topological polar surface area (TPSA) is 84.5 Å². The van der Waals surface area contributed by atoms with Crippen LogP contribution >= 0.6 is 0 Å². The number of esters is 1. The molecule has 0 aromatic heterocycles. The lowest BCUT2D eigenvalue weighted by Crippen LogP contribution is -2.53. The highest BCUT2D eigenvalue weighted by atomic mass is 19.1. The van der Waals surface area contributed by atoms with Gasteiger partial charge in [-0.1, -0.05) is 36.4 Å². The Morgan fingerprint density at radius 3 is 2.21 bits per heavy atom. The van der Waals surface area contributed by atoms with Crippen molar-refractivity contribution in [2.45, 2.75) is 38.8 Å². The third kappa shape index (κ3) is 6.71. The number of ether oxygens (including phenoxy) is 1. The number of rotatable bonds is 8. The van der Waals surface area contributed by atoms with Gasteiger partial charge in [0.25, 0.3) is 0 Å². The van der Waals surface area contributed by atoms with Gasteiger partial charge in [-0.2, -0.15) is 0 Å². The molecule has 0 saturated heterocycles. The van der Waals surface area contributed by atoms with E-state index in [4.69, 9.17) is 4.74 Å². The molecule has 2 aromatic carbocycles. The van der Waals surface area contributed by atoms with Crippen LogP contribution in [0, 0.1) is 12.7 Å². The maximum atomic E-state index is 13.1. The van der Waals surface area contributed by atoms with Crippen molar-refractivity contribution < 1.29 is 23.5 Å². The van der Waals surface area contributed by atoms with Crippen molar-refractivity contribution in [3.63, 3.8) is 0 Å². The van der Waals surface area contributed by atoms with E-state index in [9.17, 15) is 18.8 Å². The van der Waals surface area contributed by atoms with Gasteiger partial charge < -0.3 is 15.4 Å². The van der Waals surface area contributed by atoms with Crippen LogP contribution in [0.5, 0.6) is 0 Å². The number of benzene rings is 2. The van der Waals surface area contributed by atoms with Crippen LogP contribution in [0.15, 0.2) is 48.5 Å². The summed E-state index contributed by atoms with van der Waals surface area (Å²) in [7, 11) is 1.25. The summed E-state index contributed by atoms with van der Waals surface area (Å²) < 4.78 is 18.0. The third-order valence-electron chi connectivity index (χ3n) is 4.53. The molecule has 6 nitrogen and oxygen atoms in total. The van der Waals surface area contributed by atoms with E-state index in [-0.39, 0.29) is 18.7 Å². The second-order valence-electron chi connectivity index (χ2n) is 6.80. The minimum atomic E-state index is -0.915. The SMILES string of the molecule is COC(=O)[C@H](Cc1ccccc1C)NC(=O)[C@@H](Cc1ccc(F)cc1)NC(C)=O. The Labute approximate surface area is 169 Å². The smallest absolute Gasteiger partial charge is 0.328 e. The van der Waals surface area contributed by atoms with Gasteiger partial charge in [0.15, 0.2) is 0 Å². The van der Waals surface area contributed by atoms with Gasteiger partial charge in [0, 0.05) is 19.8 Å². The zero-order chi connectivity index (χ0) is 21.4. The average molecular weight is 400 g/mol. The summed E-state index contributed by atoms with van der Waals surface area (Å²) >= 11 is 0. The number of hydrogen-bond acceptors (Lipinski definition) is 4.